The van der Waals surface area contributed by atoms with Crippen LogP contribution in [0.15, 0.2) is 18.3 Å². The molecule has 12 heteroatoms. The van der Waals surface area contributed by atoms with Crippen LogP contribution in [0.25, 0.3) is 5.52 Å². The summed E-state index contributed by atoms with van der Waals surface area (Å²) in [5.74, 6) is 1.41. The molecule has 3 aromatic rings. The number of nitrogens with zero attached hydrogens (tertiary/aromatic N) is 3. The third kappa shape index (κ3) is 6.03. The van der Waals surface area contributed by atoms with Crippen molar-refractivity contribution in [2.75, 3.05) is 19.7 Å². The van der Waals surface area contributed by atoms with Gasteiger partial charge in [-0.15, -0.1) is 11.3 Å². The summed E-state index contributed by atoms with van der Waals surface area (Å²) in [6.45, 7) is 5.66. The van der Waals surface area contributed by atoms with Crippen molar-refractivity contribution < 1.29 is 24.2 Å². The molecule has 44 heavy (non-hydrogen) atoms. The van der Waals surface area contributed by atoms with Crippen LogP contribution in [-0.4, -0.2) is 69.0 Å². The molecule has 3 saturated carbocycles. The minimum absolute atomic E-state index is 0.00636. The zero-order valence-corrected chi connectivity index (χ0v) is 26.3. The molecular weight excluding hydrogens is 580 g/mol. The van der Waals surface area contributed by atoms with Gasteiger partial charge in [0, 0.05) is 18.4 Å². The predicted octanol–water partition coefficient (Wildman–Crippen LogP) is 3.58. The van der Waals surface area contributed by atoms with Crippen LogP contribution < -0.4 is 25.8 Å². The van der Waals surface area contributed by atoms with E-state index in [4.69, 9.17) is 15.2 Å². The third-order valence-electron chi connectivity index (χ3n) is 9.55. The SMILES string of the molecule is CC(C)(O)COc1ccc2c(C(=O)NC3CC4(C3)CC(Oc3nc(CC5CCNCC5)sc3C(N)=O)C4)cnn2c1C1CC1. The molecule has 0 aromatic carbocycles. The van der Waals surface area contributed by atoms with E-state index in [9.17, 15) is 14.7 Å². The molecule has 2 amide bonds. The highest BCUT2D eigenvalue weighted by molar-refractivity contribution is 7.14. The van der Waals surface area contributed by atoms with Crippen LogP contribution in [0.4, 0.5) is 0 Å². The number of nitrogens with one attached hydrogen (secondary N) is 2. The first-order chi connectivity index (χ1) is 21.1. The van der Waals surface area contributed by atoms with E-state index in [-0.39, 0.29) is 30.1 Å². The van der Waals surface area contributed by atoms with Crippen LogP contribution >= 0.6 is 11.3 Å². The maximum atomic E-state index is 13.3. The van der Waals surface area contributed by atoms with E-state index in [1.165, 1.54) is 11.3 Å². The number of nitrogens with two attached hydrogens (primary N) is 1. The van der Waals surface area contributed by atoms with Gasteiger partial charge in [-0.25, -0.2) is 9.50 Å². The molecule has 7 rings (SSSR count). The predicted molar refractivity (Wildman–Crippen MR) is 165 cm³/mol. The lowest BCUT2D eigenvalue weighted by Gasteiger charge is -2.57. The van der Waals surface area contributed by atoms with Gasteiger partial charge in [-0.1, -0.05) is 0 Å². The van der Waals surface area contributed by atoms with Gasteiger partial charge in [-0.05, 0) is 102 Å². The second-order valence-electron chi connectivity index (χ2n) is 14.0. The zero-order chi connectivity index (χ0) is 30.6. The highest BCUT2D eigenvalue weighted by Crippen LogP contribution is 2.57. The summed E-state index contributed by atoms with van der Waals surface area (Å²) in [5, 5.41) is 22.2. The number of ether oxygens (including phenoxy) is 2. The standard InChI is InChI=1S/C32H42N6O5S/c1-31(2,41)17-42-24-6-5-23-22(16-35-38(23)26(24)19-3-4-19)29(40)36-20-12-32(13-20)14-21(15-32)43-30-27(28(33)39)44-25(37-30)11-18-7-9-34-10-8-18/h5-6,16,18-21,34,41H,3-4,7-15,17H2,1-2H3,(H2,33,39)(H,36,40). The van der Waals surface area contributed by atoms with Crippen molar-refractivity contribution in [1.29, 1.82) is 0 Å². The molecule has 0 bridgehead atoms. The molecule has 3 aromatic heterocycles. The van der Waals surface area contributed by atoms with Gasteiger partial charge in [0.1, 0.15) is 18.5 Å². The summed E-state index contributed by atoms with van der Waals surface area (Å²) in [4.78, 5) is 30.5. The number of carbonyl (C=O) groups is 2. The molecule has 0 radical (unpaired) electrons. The quantitative estimate of drug-likeness (QED) is 0.253. The lowest BCUT2D eigenvalue weighted by molar-refractivity contribution is -0.0846. The van der Waals surface area contributed by atoms with E-state index in [1.807, 2.05) is 16.6 Å². The minimum Gasteiger partial charge on any atom is -0.489 e. The van der Waals surface area contributed by atoms with Crippen molar-refractivity contribution in [3.05, 3.63) is 39.5 Å². The van der Waals surface area contributed by atoms with Crippen LogP contribution in [0.5, 0.6) is 11.6 Å². The van der Waals surface area contributed by atoms with Crippen molar-refractivity contribution in [2.45, 2.75) is 95.3 Å². The van der Waals surface area contributed by atoms with Crippen molar-refractivity contribution in [3.8, 4) is 11.6 Å². The topological polar surface area (TPSA) is 153 Å². The summed E-state index contributed by atoms with van der Waals surface area (Å²) in [5.41, 5.74) is 7.17. The second-order valence-corrected chi connectivity index (χ2v) is 15.1. The molecule has 1 saturated heterocycles. The van der Waals surface area contributed by atoms with Crippen LogP contribution in [0.3, 0.4) is 0 Å². The van der Waals surface area contributed by atoms with Gasteiger partial charge in [0.05, 0.1) is 33.6 Å². The number of hydrogen-bond donors (Lipinski definition) is 4. The molecule has 0 unspecified atom stereocenters. The monoisotopic (exact) mass is 622 g/mol. The van der Waals surface area contributed by atoms with Gasteiger partial charge < -0.3 is 30.9 Å². The number of amides is 2. The van der Waals surface area contributed by atoms with Gasteiger partial charge in [0.25, 0.3) is 11.8 Å². The summed E-state index contributed by atoms with van der Waals surface area (Å²) >= 11 is 1.37. The Bertz CT molecular complexity index is 1550. The van der Waals surface area contributed by atoms with Crippen LogP contribution in [-0.2, 0) is 6.42 Å². The van der Waals surface area contributed by atoms with Crippen molar-refractivity contribution in [3.63, 3.8) is 0 Å². The Hall–Kier alpha value is -3.22. The van der Waals surface area contributed by atoms with Crippen LogP contribution in [0, 0.1) is 11.3 Å². The molecule has 1 spiro atoms. The summed E-state index contributed by atoms with van der Waals surface area (Å²) < 4.78 is 14.0. The molecule has 0 atom stereocenters. The Morgan fingerprint density at radius 2 is 1.93 bits per heavy atom. The van der Waals surface area contributed by atoms with Crippen molar-refractivity contribution in [1.82, 2.24) is 25.2 Å². The Kier molecular flexibility index (Phi) is 7.57. The lowest BCUT2D eigenvalue weighted by Crippen LogP contribution is -2.58. The Morgan fingerprint density at radius 1 is 1.18 bits per heavy atom. The number of primary amides is 1. The third-order valence-corrected chi connectivity index (χ3v) is 10.6. The summed E-state index contributed by atoms with van der Waals surface area (Å²) in [6.07, 6.45) is 10.4. The molecule has 4 heterocycles. The number of fused-ring (bicyclic) bond motifs is 1. The lowest BCUT2D eigenvalue weighted by atomic mass is 9.53. The second kappa shape index (κ2) is 11.3. The van der Waals surface area contributed by atoms with E-state index in [2.05, 4.69) is 20.7 Å². The number of rotatable bonds is 11. The van der Waals surface area contributed by atoms with E-state index < -0.39 is 11.5 Å². The summed E-state index contributed by atoms with van der Waals surface area (Å²) in [7, 11) is 0. The minimum atomic E-state index is -0.944. The fourth-order valence-corrected chi connectivity index (χ4v) is 8.14. The number of hydrogen-bond acceptors (Lipinski definition) is 9. The first-order valence-electron chi connectivity index (χ1n) is 15.9. The van der Waals surface area contributed by atoms with E-state index in [0.29, 0.717) is 33.9 Å². The van der Waals surface area contributed by atoms with Crippen molar-refractivity contribution in [2.24, 2.45) is 17.1 Å². The molecular formula is C32H42N6O5S. The smallest absolute Gasteiger partial charge is 0.264 e. The van der Waals surface area contributed by atoms with Crippen molar-refractivity contribution >= 4 is 28.7 Å². The normalized spacial score (nSPS) is 25.4. The highest BCUT2D eigenvalue weighted by Gasteiger charge is 2.54. The van der Waals surface area contributed by atoms with Gasteiger partial charge in [-0.3, -0.25) is 9.59 Å². The molecule has 1 aliphatic heterocycles. The molecule has 236 valence electrons. The Balaban J connectivity index is 0.938. The Labute approximate surface area is 260 Å². The molecule has 4 aliphatic rings. The van der Waals surface area contributed by atoms with E-state index >= 15 is 0 Å². The van der Waals surface area contributed by atoms with Gasteiger partial charge in [0.15, 0.2) is 4.88 Å². The largest absolute Gasteiger partial charge is 0.489 e. The van der Waals surface area contributed by atoms with E-state index in [0.717, 1.165) is 87.1 Å². The summed E-state index contributed by atoms with van der Waals surface area (Å²) in [6, 6.07) is 3.87. The number of aliphatic hydroxyl groups is 1. The first kappa shape index (κ1) is 29.5. The van der Waals surface area contributed by atoms with Gasteiger partial charge >= 0.3 is 0 Å². The first-order valence-corrected chi connectivity index (χ1v) is 16.7. The average Bonchev–Trinajstić information content (AvgIpc) is 3.55. The molecule has 5 N–H and O–H groups in total. The molecule has 3 aliphatic carbocycles. The highest BCUT2D eigenvalue weighted by atomic mass is 32.1. The Morgan fingerprint density at radius 3 is 2.61 bits per heavy atom. The van der Waals surface area contributed by atoms with Gasteiger partial charge in [0.2, 0.25) is 5.88 Å². The zero-order valence-electron chi connectivity index (χ0n) is 25.4. The molecule has 4 fully saturated rings. The van der Waals surface area contributed by atoms with Crippen LogP contribution in [0.2, 0.25) is 0 Å². The number of carbonyl (C=O) groups excluding carboxylic acids is 2. The number of piperidine rings is 1. The van der Waals surface area contributed by atoms with E-state index in [1.54, 1.807) is 20.0 Å². The van der Waals surface area contributed by atoms with Crippen LogP contribution in [0.1, 0.15) is 102 Å². The number of aromatic nitrogens is 3. The molecule has 11 nitrogen and oxygen atoms in total. The average molecular weight is 623 g/mol. The number of thiazole rings is 1. The fourth-order valence-electron chi connectivity index (χ4n) is 7.17. The number of pyridine rings is 1. The van der Waals surface area contributed by atoms with Gasteiger partial charge in [-0.2, -0.15) is 5.10 Å². The maximum absolute atomic E-state index is 13.3. The fraction of sp³-hybridized carbons (Fsp3) is 0.625. The maximum Gasteiger partial charge on any atom is 0.264 e.